The predicted octanol–water partition coefficient (Wildman–Crippen LogP) is 3.86. The number of anilines is 1. The molecule has 31 heavy (non-hydrogen) atoms. The van der Waals surface area contributed by atoms with Gasteiger partial charge >= 0.3 is 0 Å². The normalized spacial score (nSPS) is 15.2. The maximum atomic E-state index is 13.1. The molecule has 0 aliphatic carbocycles. The zero-order valence-corrected chi connectivity index (χ0v) is 18.3. The molecule has 0 bridgehead atoms. The standard InChI is InChI=1S/C23H23N3O4S/c1-13-4-6-14(7-5-13)12-31-23-25-21-20(22(28)26-23)17(11-19(27)24-21)16-10-15(29-2)8-9-18(16)30-3/h4-10,17H,11-12H2,1-3H3,(H2,24,25,26,27,28). The van der Waals surface area contributed by atoms with Gasteiger partial charge in [-0.1, -0.05) is 41.6 Å². The summed E-state index contributed by atoms with van der Waals surface area (Å²) in [7, 11) is 3.13. The Labute approximate surface area is 184 Å². The largest absolute Gasteiger partial charge is 0.497 e. The number of hydrogen-bond donors (Lipinski definition) is 2. The lowest BCUT2D eigenvalue weighted by Crippen LogP contribution is -2.31. The van der Waals surface area contributed by atoms with Crippen molar-refractivity contribution in [3.63, 3.8) is 0 Å². The van der Waals surface area contributed by atoms with Gasteiger partial charge in [0.05, 0.1) is 19.8 Å². The molecule has 0 saturated carbocycles. The molecule has 1 aliphatic rings. The molecule has 0 fully saturated rings. The molecule has 2 heterocycles. The molecule has 3 aromatic rings. The van der Waals surface area contributed by atoms with Crippen molar-refractivity contribution in [2.75, 3.05) is 19.5 Å². The quantitative estimate of drug-likeness (QED) is 0.449. The van der Waals surface area contributed by atoms with Crippen molar-refractivity contribution in [3.05, 3.63) is 75.1 Å². The molecule has 1 unspecified atom stereocenters. The molecule has 0 spiro atoms. The summed E-state index contributed by atoms with van der Waals surface area (Å²) < 4.78 is 10.8. The van der Waals surface area contributed by atoms with Crippen LogP contribution in [0.4, 0.5) is 5.82 Å². The number of methoxy groups -OCH3 is 2. The molecule has 2 aromatic carbocycles. The molecular formula is C23H23N3O4S. The third-order valence-electron chi connectivity index (χ3n) is 5.24. The fourth-order valence-corrected chi connectivity index (χ4v) is 4.45. The summed E-state index contributed by atoms with van der Waals surface area (Å²) in [5.41, 5.74) is 3.18. The van der Waals surface area contributed by atoms with Crippen molar-refractivity contribution >= 4 is 23.5 Å². The molecule has 1 aliphatic heterocycles. The van der Waals surface area contributed by atoms with Crippen LogP contribution in [0.25, 0.3) is 0 Å². The molecule has 1 aromatic heterocycles. The molecule has 1 amide bonds. The van der Waals surface area contributed by atoms with Crippen LogP contribution in [0.1, 0.15) is 34.6 Å². The number of carbonyl (C=O) groups is 1. The SMILES string of the molecule is COc1ccc(OC)c(C2CC(=O)Nc3nc(SCc4ccc(C)cc4)[nH]c(=O)c32)c1. The van der Waals surface area contributed by atoms with Crippen molar-refractivity contribution in [2.45, 2.75) is 30.2 Å². The summed E-state index contributed by atoms with van der Waals surface area (Å²) >= 11 is 1.42. The van der Waals surface area contributed by atoms with Gasteiger partial charge in [0, 0.05) is 23.7 Å². The van der Waals surface area contributed by atoms with Gasteiger partial charge in [-0.2, -0.15) is 0 Å². The fraction of sp³-hybridized carbons (Fsp3) is 0.261. The number of ether oxygens (including phenoxy) is 2. The van der Waals surface area contributed by atoms with E-state index >= 15 is 0 Å². The first-order valence-corrected chi connectivity index (χ1v) is 10.8. The van der Waals surface area contributed by atoms with Crippen LogP contribution >= 0.6 is 11.8 Å². The lowest BCUT2D eigenvalue weighted by atomic mass is 9.86. The number of rotatable bonds is 6. The minimum atomic E-state index is -0.485. The van der Waals surface area contributed by atoms with Gasteiger partial charge in [0.25, 0.3) is 5.56 Å². The smallest absolute Gasteiger partial charge is 0.257 e. The highest BCUT2D eigenvalue weighted by molar-refractivity contribution is 7.98. The summed E-state index contributed by atoms with van der Waals surface area (Å²) in [5.74, 6) is 1.47. The Balaban J connectivity index is 1.69. The van der Waals surface area contributed by atoms with E-state index in [0.717, 1.165) is 5.56 Å². The highest BCUT2D eigenvalue weighted by Gasteiger charge is 2.33. The van der Waals surface area contributed by atoms with Crippen molar-refractivity contribution in [3.8, 4) is 11.5 Å². The molecule has 0 radical (unpaired) electrons. The Hall–Kier alpha value is -3.26. The number of aromatic nitrogens is 2. The lowest BCUT2D eigenvalue weighted by Gasteiger charge is -2.26. The highest BCUT2D eigenvalue weighted by Crippen LogP contribution is 2.40. The first-order valence-electron chi connectivity index (χ1n) is 9.83. The summed E-state index contributed by atoms with van der Waals surface area (Å²) in [4.78, 5) is 32.9. The number of aromatic amines is 1. The number of nitrogens with zero attached hydrogens (tertiary/aromatic N) is 1. The number of nitrogens with one attached hydrogen (secondary N) is 2. The number of aryl methyl sites for hydroxylation is 1. The van der Waals surface area contributed by atoms with Crippen molar-refractivity contribution in [1.29, 1.82) is 0 Å². The van der Waals surface area contributed by atoms with E-state index < -0.39 is 5.92 Å². The number of thioether (sulfide) groups is 1. The molecule has 4 rings (SSSR count). The molecule has 7 nitrogen and oxygen atoms in total. The van der Waals surface area contributed by atoms with Gasteiger partial charge in [-0.15, -0.1) is 0 Å². The third kappa shape index (κ3) is 4.44. The van der Waals surface area contributed by atoms with E-state index in [2.05, 4.69) is 15.3 Å². The van der Waals surface area contributed by atoms with Gasteiger partial charge in [-0.25, -0.2) is 4.98 Å². The highest BCUT2D eigenvalue weighted by atomic mass is 32.2. The van der Waals surface area contributed by atoms with Crippen LogP contribution in [-0.2, 0) is 10.5 Å². The van der Waals surface area contributed by atoms with Gasteiger partial charge in [-0.3, -0.25) is 9.59 Å². The number of benzene rings is 2. The van der Waals surface area contributed by atoms with Crippen LogP contribution in [0.5, 0.6) is 11.5 Å². The summed E-state index contributed by atoms with van der Waals surface area (Å²) in [5, 5.41) is 3.22. The van der Waals surface area contributed by atoms with Crippen LogP contribution in [0.3, 0.4) is 0 Å². The molecule has 160 valence electrons. The second kappa shape index (κ2) is 8.85. The van der Waals surface area contributed by atoms with E-state index in [1.54, 1.807) is 32.4 Å². The van der Waals surface area contributed by atoms with Gasteiger partial charge in [0.1, 0.15) is 17.3 Å². The van der Waals surface area contributed by atoms with Crippen LogP contribution < -0.4 is 20.3 Å². The Kier molecular flexibility index (Phi) is 5.99. The second-order valence-electron chi connectivity index (χ2n) is 7.32. The molecule has 2 N–H and O–H groups in total. The fourth-order valence-electron chi connectivity index (χ4n) is 3.63. The lowest BCUT2D eigenvalue weighted by molar-refractivity contribution is -0.116. The number of hydrogen-bond acceptors (Lipinski definition) is 6. The van der Waals surface area contributed by atoms with E-state index in [-0.39, 0.29) is 17.9 Å². The van der Waals surface area contributed by atoms with Crippen molar-refractivity contribution in [1.82, 2.24) is 9.97 Å². The molecule has 0 saturated heterocycles. The summed E-state index contributed by atoms with van der Waals surface area (Å²) in [6, 6.07) is 13.5. The van der Waals surface area contributed by atoms with Gasteiger partial charge < -0.3 is 19.8 Å². The average Bonchev–Trinajstić information content (AvgIpc) is 2.77. The van der Waals surface area contributed by atoms with Crippen molar-refractivity contribution < 1.29 is 14.3 Å². The number of carbonyl (C=O) groups excluding carboxylic acids is 1. The van der Waals surface area contributed by atoms with Crippen LogP contribution in [-0.4, -0.2) is 30.1 Å². The van der Waals surface area contributed by atoms with Gasteiger partial charge in [0.2, 0.25) is 5.91 Å². The Morgan fingerprint density at radius 1 is 1.10 bits per heavy atom. The summed E-state index contributed by atoms with van der Waals surface area (Å²) in [6.45, 7) is 2.04. The van der Waals surface area contributed by atoms with E-state index in [1.807, 2.05) is 31.2 Å². The maximum absolute atomic E-state index is 13.1. The van der Waals surface area contributed by atoms with Crippen LogP contribution in [0, 0.1) is 6.92 Å². The van der Waals surface area contributed by atoms with E-state index in [0.29, 0.717) is 39.4 Å². The average molecular weight is 438 g/mol. The van der Waals surface area contributed by atoms with E-state index in [1.165, 1.54) is 17.3 Å². The minimum Gasteiger partial charge on any atom is -0.497 e. The number of H-pyrrole nitrogens is 1. The molecule has 8 heteroatoms. The monoisotopic (exact) mass is 437 g/mol. The van der Waals surface area contributed by atoms with E-state index in [9.17, 15) is 9.59 Å². The van der Waals surface area contributed by atoms with Crippen LogP contribution in [0.15, 0.2) is 52.4 Å². The van der Waals surface area contributed by atoms with E-state index in [4.69, 9.17) is 9.47 Å². The Morgan fingerprint density at radius 3 is 2.58 bits per heavy atom. The van der Waals surface area contributed by atoms with Crippen LogP contribution in [0.2, 0.25) is 0 Å². The maximum Gasteiger partial charge on any atom is 0.257 e. The van der Waals surface area contributed by atoms with Crippen molar-refractivity contribution in [2.24, 2.45) is 0 Å². The first-order chi connectivity index (χ1) is 15.0. The summed E-state index contributed by atoms with van der Waals surface area (Å²) in [6.07, 6.45) is 0.122. The Morgan fingerprint density at radius 2 is 1.87 bits per heavy atom. The second-order valence-corrected chi connectivity index (χ2v) is 8.28. The first kappa shape index (κ1) is 21.0. The van der Waals surface area contributed by atoms with Gasteiger partial charge in [0.15, 0.2) is 5.16 Å². The zero-order chi connectivity index (χ0) is 22.0. The molecule has 1 atom stereocenters. The van der Waals surface area contributed by atoms with Gasteiger partial charge in [-0.05, 0) is 30.7 Å². The Bertz CT molecular complexity index is 1170. The number of amides is 1. The number of fused-ring (bicyclic) bond motifs is 1. The minimum absolute atomic E-state index is 0.122. The zero-order valence-electron chi connectivity index (χ0n) is 17.5. The predicted molar refractivity (Wildman–Crippen MR) is 120 cm³/mol. The molecular weight excluding hydrogens is 414 g/mol. The third-order valence-corrected chi connectivity index (χ3v) is 6.18. The topological polar surface area (TPSA) is 93.3 Å².